The summed E-state index contributed by atoms with van der Waals surface area (Å²) in [5.41, 5.74) is 4.96. The number of nitrogens with two attached hydrogens (primary N) is 1. The Kier molecular flexibility index (Phi) is 4.57. The third-order valence-electron chi connectivity index (χ3n) is 5.56. The number of imide groups is 1. The van der Waals surface area contributed by atoms with E-state index in [0.717, 1.165) is 43.4 Å². The van der Waals surface area contributed by atoms with E-state index >= 15 is 0 Å². The fourth-order valence-electron chi connectivity index (χ4n) is 4.22. The van der Waals surface area contributed by atoms with E-state index in [4.69, 9.17) is 5.73 Å². The molecule has 0 bridgehead atoms. The van der Waals surface area contributed by atoms with Gasteiger partial charge in [-0.05, 0) is 38.1 Å². The number of urea groups is 1. The molecule has 3 aliphatic rings. The largest absolute Gasteiger partial charge is 0.351 e. The minimum Gasteiger partial charge on any atom is -0.351 e. The molecule has 2 aliphatic carbocycles. The van der Waals surface area contributed by atoms with Crippen molar-refractivity contribution in [3.63, 3.8) is 0 Å². The highest BCUT2D eigenvalue weighted by atomic mass is 16.2. The second-order valence-corrected chi connectivity index (χ2v) is 7.06. The third-order valence-corrected chi connectivity index (χ3v) is 5.56. The van der Waals surface area contributed by atoms with Crippen LogP contribution in [0.5, 0.6) is 0 Å². The standard InChI is InChI=1S/C16H26N4O3/c17-9-11-5-4-6-12(11)18-13(21)10-20-14(22)16(19-15(20)23)7-2-1-3-8-16/h11-12H,1-10,17H2,(H,18,21)(H,19,23). The topological polar surface area (TPSA) is 105 Å². The first-order valence-electron chi connectivity index (χ1n) is 8.69. The van der Waals surface area contributed by atoms with Crippen LogP contribution in [0.3, 0.4) is 0 Å². The van der Waals surface area contributed by atoms with Gasteiger partial charge in [-0.1, -0.05) is 25.7 Å². The number of carbonyl (C=O) groups excluding carboxylic acids is 3. The predicted octanol–water partition coefficient (Wildman–Crippen LogP) is 0.485. The zero-order valence-electron chi connectivity index (χ0n) is 13.5. The van der Waals surface area contributed by atoms with Crippen molar-refractivity contribution in [1.82, 2.24) is 15.5 Å². The summed E-state index contributed by atoms with van der Waals surface area (Å²) in [5, 5.41) is 5.77. The average Bonchev–Trinajstić information content (AvgIpc) is 3.07. The first-order valence-corrected chi connectivity index (χ1v) is 8.69. The molecule has 2 saturated carbocycles. The van der Waals surface area contributed by atoms with Crippen molar-refractivity contribution in [2.75, 3.05) is 13.1 Å². The van der Waals surface area contributed by atoms with E-state index in [0.29, 0.717) is 25.3 Å². The number of amides is 4. The molecule has 128 valence electrons. The molecule has 7 nitrogen and oxygen atoms in total. The van der Waals surface area contributed by atoms with Crippen LogP contribution in [0.1, 0.15) is 51.4 Å². The molecule has 0 aromatic rings. The van der Waals surface area contributed by atoms with Gasteiger partial charge in [-0.3, -0.25) is 14.5 Å². The maximum Gasteiger partial charge on any atom is 0.325 e. The van der Waals surface area contributed by atoms with E-state index in [1.54, 1.807) is 0 Å². The lowest BCUT2D eigenvalue weighted by molar-refractivity contribution is -0.136. The quantitative estimate of drug-likeness (QED) is 0.655. The minimum atomic E-state index is -0.761. The van der Waals surface area contributed by atoms with E-state index in [1.807, 2.05) is 0 Å². The molecule has 3 fully saturated rings. The first kappa shape index (κ1) is 16.2. The van der Waals surface area contributed by atoms with Crippen LogP contribution >= 0.6 is 0 Å². The summed E-state index contributed by atoms with van der Waals surface area (Å²) < 4.78 is 0. The lowest BCUT2D eigenvalue weighted by Crippen LogP contribution is -2.49. The number of hydrogen-bond donors (Lipinski definition) is 3. The lowest BCUT2D eigenvalue weighted by atomic mass is 9.82. The first-order chi connectivity index (χ1) is 11.1. The van der Waals surface area contributed by atoms with Gasteiger partial charge in [0.2, 0.25) is 5.91 Å². The molecule has 0 radical (unpaired) electrons. The highest BCUT2D eigenvalue weighted by Gasteiger charge is 2.51. The molecule has 1 heterocycles. The Morgan fingerprint density at radius 3 is 2.65 bits per heavy atom. The SMILES string of the molecule is NCC1CCCC1NC(=O)CN1C(=O)NC2(CCCCC2)C1=O. The van der Waals surface area contributed by atoms with Gasteiger partial charge in [0.15, 0.2) is 0 Å². The molecule has 1 aliphatic heterocycles. The van der Waals surface area contributed by atoms with Gasteiger partial charge in [-0.2, -0.15) is 0 Å². The van der Waals surface area contributed by atoms with Crippen molar-refractivity contribution in [1.29, 1.82) is 0 Å². The molecule has 1 saturated heterocycles. The Morgan fingerprint density at radius 1 is 1.22 bits per heavy atom. The number of rotatable bonds is 4. The van der Waals surface area contributed by atoms with E-state index in [-0.39, 0.29) is 24.4 Å². The van der Waals surface area contributed by atoms with Gasteiger partial charge in [0.25, 0.3) is 5.91 Å². The fraction of sp³-hybridized carbons (Fsp3) is 0.812. The minimum absolute atomic E-state index is 0.0666. The van der Waals surface area contributed by atoms with Gasteiger partial charge in [-0.25, -0.2) is 4.79 Å². The van der Waals surface area contributed by atoms with Crippen LogP contribution < -0.4 is 16.4 Å². The van der Waals surface area contributed by atoms with Crippen LogP contribution in [-0.2, 0) is 9.59 Å². The summed E-state index contributed by atoms with van der Waals surface area (Å²) in [6.45, 7) is 0.359. The van der Waals surface area contributed by atoms with Gasteiger partial charge in [-0.15, -0.1) is 0 Å². The number of hydrogen-bond acceptors (Lipinski definition) is 4. The van der Waals surface area contributed by atoms with Crippen LogP contribution in [0.2, 0.25) is 0 Å². The summed E-state index contributed by atoms with van der Waals surface area (Å²) in [6, 6.07) is -0.370. The normalized spacial score (nSPS) is 29.9. The van der Waals surface area contributed by atoms with Gasteiger partial charge in [0.05, 0.1) is 0 Å². The summed E-state index contributed by atoms with van der Waals surface area (Å²) in [6.07, 6.45) is 7.30. The molecule has 7 heteroatoms. The summed E-state index contributed by atoms with van der Waals surface area (Å²) in [5.74, 6) is -0.211. The number of nitrogens with one attached hydrogen (secondary N) is 2. The number of carbonyl (C=O) groups is 3. The highest BCUT2D eigenvalue weighted by Crippen LogP contribution is 2.33. The Labute approximate surface area is 136 Å². The molecule has 0 aromatic heterocycles. The molecule has 2 unspecified atom stereocenters. The van der Waals surface area contributed by atoms with Gasteiger partial charge < -0.3 is 16.4 Å². The molecule has 4 amide bonds. The molecular formula is C16H26N4O3. The van der Waals surface area contributed by atoms with Crippen LogP contribution in [0, 0.1) is 5.92 Å². The van der Waals surface area contributed by atoms with E-state index in [1.165, 1.54) is 0 Å². The van der Waals surface area contributed by atoms with Crippen LogP contribution in [0.4, 0.5) is 4.79 Å². The van der Waals surface area contributed by atoms with E-state index in [2.05, 4.69) is 10.6 Å². The van der Waals surface area contributed by atoms with Gasteiger partial charge in [0.1, 0.15) is 12.1 Å². The second kappa shape index (κ2) is 6.47. The third kappa shape index (κ3) is 3.06. The van der Waals surface area contributed by atoms with Crippen molar-refractivity contribution in [2.24, 2.45) is 11.7 Å². The maximum atomic E-state index is 12.6. The van der Waals surface area contributed by atoms with E-state index < -0.39 is 11.6 Å². The van der Waals surface area contributed by atoms with Crippen LogP contribution in [0.25, 0.3) is 0 Å². The molecule has 4 N–H and O–H groups in total. The molecule has 0 aromatic carbocycles. The smallest absolute Gasteiger partial charge is 0.325 e. The van der Waals surface area contributed by atoms with Crippen LogP contribution in [0.15, 0.2) is 0 Å². The molecule has 2 atom stereocenters. The zero-order valence-corrected chi connectivity index (χ0v) is 13.5. The Balaban J connectivity index is 1.60. The Morgan fingerprint density at radius 2 is 1.96 bits per heavy atom. The molecule has 23 heavy (non-hydrogen) atoms. The van der Waals surface area contributed by atoms with Crippen molar-refractivity contribution >= 4 is 17.8 Å². The molecular weight excluding hydrogens is 296 g/mol. The van der Waals surface area contributed by atoms with Gasteiger partial charge in [0, 0.05) is 6.04 Å². The fourth-order valence-corrected chi connectivity index (χ4v) is 4.22. The van der Waals surface area contributed by atoms with Crippen molar-refractivity contribution in [2.45, 2.75) is 62.9 Å². The summed E-state index contributed by atoms with van der Waals surface area (Å²) in [7, 11) is 0. The zero-order chi connectivity index (χ0) is 16.4. The van der Waals surface area contributed by atoms with Crippen molar-refractivity contribution in [3.05, 3.63) is 0 Å². The Bertz CT molecular complexity index is 502. The monoisotopic (exact) mass is 322 g/mol. The van der Waals surface area contributed by atoms with Crippen molar-refractivity contribution in [3.8, 4) is 0 Å². The van der Waals surface area contributed by atoms with Gasteiger partial charge >= 0.3 is 6.03 Å². The summed E-state index contributed by atoms with van der Waals surface area (Å²) in [4.78, 5) is 38.1. The number of nitrogens with zero attached hydrogens (tertiary/aromatic N) is 1. The van der Waals surface area contributed by atoms with Crippen molar-refractivity contribution < 1.29 is 14.4 Å². The molecule has 1 spiro atoms. The van der Waals surface area contributed by atoms with Crippen LogP contribution in [-0.4, -0.2) is 47.4 Å². The average molecular weight is 322 g/mol. The lowest BCUT2D eigenvalue weighted by Gasteiger charge is -2.30. The molecule has 3 rings (SSSR count). The highest BCUT2D eigenvalue weighted by molar-refractivity contribution is 6.09. The second-order valence-electron chi connectivity index (χ2n) is 7.06. The predicted molar refractivity (Wildman–Crippen MR) is 84.4 cm³/mol. The maximum absolute atomic E-state index is 12.6. The van der Waals surface area contributed by atoms with E-state index in [9.17, 15) is 14.4 Å². The Hall–Kier alpha value is -1.63. The summed E-state index contributed by atoms with van der Waals surface area (Å²) >= 11 is 0.